The van der Waals surface area contributed by atoms with E-state index in [-0.39, 0.29) is 40.7 Å². The van der Waals surface area contributed by atoms with E-state index in [9.17, 15) is 26.0 Å². The third-order valence-electron chi connectivity index (χ3n) is 4.44. The molecule has 1 aliphatic rings. The highest BCUT2D eigenvalue weighted by Crippen LogP contribution is 2.25. The van der Waals surface area contributed by atoms with Gasteiger partial charge in [0.2, 0.25) is 0 Å². The molecule has 0 aromatic heterocycles. The van der Waals surface area contributed by atoms with Crippen LogP contribution in [0.15, 0.2) is 53.4 Å². The predicted molar refractivity (Wildman–Crippen MR) is 98.3 cm³/mol. The van der Waals surface area contributed by atoms with Crippen molar-refractivity contribution in [2.45, 2.75) is 23.1 Å². The number of benzene rings is 2. The van der Waals surface area contributed by atoms with Gasteiger partial charge in [-0.25, -0.2) is 21.2 Å². The zero-order chi connectivity index (χ0) is 19.7. The summed E-state index contributed by atoms with van der Waals surface area (Å²) in [5.74, 6) is -1.25. The number of carbonyl (C=O) groups excluding carboxylic acids is 1. The van der Waals surface area contributed by atoms with Crippen LogP contribution in [0.2, 0.25) is 0 Å². The van der Waals surface area contributed by atoms with Crippen LogP contribution in [-0.4, -0.2) is 39.5 Å². The second-order valence-electron chi connectivity index (χ2n) is 6.40. The molecule has 1 aliphatic heterocycles. The van der Waals surface area contributed by atoms with Gasteiger partial charge >= 0.3 is 0 Å². The monoisotopic (exact) mass is 411 g/mol. The van der Waals surface area contributed by atoms with Gasteiger partial charge in [-0.2, -0.15) is 0 Å². The van der Waals surface area contributed by atoms with Crippen LogP contribution in [0.5, 0.6) is 0 Å². The molecule has 1 atom stereocenters. The summed E-state index contributed by atoms with van der Waals surface area (Å²) in [5.41, 5.74) is 1.00. The summed E-state index contributed by atoms with van der Waals surface area (Å²) in [6, 6.07) is 11.1. The molecule has 1 saturated heterocycles. The molecule has 0 bridgehead atoms. The summed E-state index contributed by atoms with van der Waals surface area (Å²) < 4.78 is 61.0. The van der Waals surface area contributed by atoms with Gasteiger partial charge in [0.1, 0.15) is 5.82 Å². The first-order valence-corrected chi connectivity index (χ1v) is 11.6. The molecule has 144 valence electrons. The number of sulfone groups is 2. The Morgan fingerprint density at radius 3 is 2.26 bits per heavy atom. The Labute approximate surface area is 157 Å². The topological polar surface area (TPSA) is 97.4 Å². The summed E-state index contributed by atoms with van der Waals surface area (Å²) in [7, 11) is -7.07. The summed E-state index contributed by atoms with van der Waals surface area (Å²) in [4.78, 5) is 12.2. The number of nitrogens with one attached hydrogen (secondary N) is 1. The summed E-state index contributed by atoms with van der Waals surface area (Å²) in [6.07, 6.45) is 0.0879. The van der Waals surface area contributed by atoms with E-state index >= 15 is 0 Å². The Kier molecular flexibility index (Phi) is 5.34. The average Bonchev–Trinajstić information content (AvgIpc) is 3.02. The minimum Gasteiger partial charge on any atom is -0.348 e. The van der Waals surface area contributed by atoms with E-state index in [2.05, 4.69) is 5.32 Å². The standard InChI is InChI=1S/C18H18FNO5S2/c19-15-5-1-13(2-6-15)11-20-18(21)14-3-7-16(8-4-14)27(24,25)17-9-10-26(22,23)12-17/h1-8,17H,9-12H2,(H,20,21)/t17-/m0/s1. The zero-order valence-electron chi connectivity index (χ0n) is 14.3. The molecule has 9 heteroatoms. The first-order valence-electron chi connectivity index (χ1n) is 8.24. The van der Waals surface area contributed by atoms with E-state index < -0.39 is 30.8 Å². The second-order valence-corrected chi connectivity index (χ2v) is 10.9. The molecule has 3 rings (SSSR count). The molecule has 6 nitrogen and oxygen atoms in total. The minimum atomic E-state index is -3.76. The third-order valence-corrected chi connectivity index (χ3v) is 8.63. The Hall–Kier alpha value is -2.26. The number of carbonyl (C=O) groups is 1. The van der Waals surface area contributed by atoms with Gasteiger partial charge in [-0.05, 0) is 48.4 Å². The van der Waals surface area contributed by atoms with Crippen LogP contribution >= 0.6 is 0 Å². The van der Waals surface area contributed by atoms with Crippen molar-refractivity contribution in [1.82, 2.24) is 5.32 Å². The predicted octanol–water partition coefficient (Wildman–Crippen LogP) is 1.72. The lowest BCUT2D eigenvalue weighted by molar-refractivity contribution is 0.0951. The molecule has 2 aromatic rings. The molecule has 0 aliphatic carbocycles. The Morgan fingerprint density at radius 1 is 1.07 bits per heavy atom. The highest BCUT2D eigenvalue weighted by Gasteiger charge is 2.37. The van der Waals surface area contributed by atoms with E-state index in [0.29, 0.717) is 0 Å². The maximum Gasteiger partial charge on any atom is 0.251 e. The highest BCUT2D eigenvalue weighted by atomic mass is 32.2. The maximum absolute atomic E-state index is 12.9. The number of halogens is 1. The van der Waals surface area contributed by atoms with Crippen LogP contribution in [0.25, 0.3) is 0 Å². The largest absolute Gasteiger partial charge is 0.348 e. The molecule has 0 unspecified atom stereocenters. The molecule has 0 radical (unpaired) electrons. The Morgan fingerprint density at radius 2 is 1.70 bits per heavy atom. The van der Waals surface area contributed by atoms with Crippen LogP contribution in [0.4, 0.5) is 4.39 Å². The van der Waals surface area contributed by atoms with Gasteiger partial charge in [-0.3, -0.25) is 4.79 Å². The fourth-order valence-electron chi connectivity index (χ4n) is 2.88. The first kappa shape index (κ1) is 19.5. The van der Waals surface area contributed by atoms with Crippen LogP contribution in [0.1, 0.15) is 22.3 Å². The van der Waals surface area contributed by atoms with Crippen molar-refractivity contribution in [3.8, 4) is 0 Å². The Balaban J connectivity index is 1.67. The fourth-order valence-corrected chi connectivity index (χ4v) is 7.24. The zero-order valence-corrected chi connectivity index (χ0v) is 15.9. The van der Waals surface area contributed by atoms with Gasteiger partial charge in [0.25, 0.3) is 5.91 Å². The number of amides is 1. The maximum atomic E-state index is 12.9. The molecule has 1 amide bonds. The van der Waals surface area contributed by atoms with Crippen molar-refractivity contribution in [1.29, 1.82) is 0 Å². The smallest absolute Gasteiger partial charge is 0.251 e. The molecular weight excluding hydrogens is 393 g/mol. The number of hydrogen-bond acceptors (Lipinski definition) is 5. The van der Waals surface area contributed by atoms with Crippen molar-refractivity contribution in [2.24, 2.45) is 0 Å². The Bertz CT molecular complexity index is 1050. The average molecular weight is 411 g/mol. The molecule has 0 saturated carbocycles. The van der Waals surface area contributed by atoms with Crippen molar-refractivity contribution < 1.29 is 26.0 Å². The lowest BCUT2D eigenvalue weighted by atomic mass is 10.2. The lowest BCUT2D eigenvalue weighted by Gasteiger charge is -2.11. The highest BCUT2D eigenvalue weighted by molar-refractivity contribution is 7.96. The fraction of sp³-hybridized carbons (Fsp3) is 0.278. The lowest BCUT2D eigenvalue weighted by Crippen LogP contribution is -2.24. The summed E-state index contributed by atoms with van der Waals surface area (Å²) in [5, 5.41) is 1.72. The molecule has 27 heavy (non-hydrogen) atoms. The third kappa shape index (κ3) is 4.54. The molecule has 2 aromatic carbocycles. The van der Waals surface area contributed by atoms with Gasteiger partial charge < -0.3 is 5.32 Å². The van der Waals surface area contributed by atoms with Crippen molar-refractivity contribution in [3.05, 3.63) is 65.5 Å². The molecular formula is C18H18FNO5S2. The van der Waals surface area contributed by atoms with Gasteiger partial charge in [0.15, 0.2) is 19.7 Å². The molecule has 1 N–H and O–H groups in total. The van der Waals surface area contributed by atoms with E-state index in [1.54, 1.807) is 12.1 Å². The van der Waals surface area contributed by atoms with Crippen molar-refractivity contribution in [3.63, 3.8) is 0 Å². The quantitative estimate of drug-likeness (QED) is 0.808. The van der Waals surface area contributed by atoms with Crippen LogP contribution < -0.4 is 5.32 Å². The van der Waals surface area contributed by atoms with Crippen molar-refractivity contribution in [2.75, 3.05) is 11.5 Å². The van der Waals surface area contributed by atoms with Crippen LogP contribution in [0.3, 0.4) is 0 Å². The molecule has 1 fully saturated rings. The van der Waals surface area contributed by atoms with Crippen LogP contribution in [-0.2, 0) is 26.2 Å². The normalized spacial score (nSPS) is 18.9. The molecule has 0 spiro atoms. The van der Waals surface area contributed by atoms with Gasteiger partial charge in [-0.15, -0.1) is 0 Å². The van der Waals surface area contributed by atoms with E-state index in [1.165, 1.54) is 36.4 Å². The molecule has 1 heterocycles. The summed E-state index contributed by atoms with van der Waals surface area (Å²) in [6.45, 7) is 0.207. The van der Waals surface area contributed by atoms with Gasteiger partial charge in [-0.1, -0.05) is 12.1 Å². The number of hydrogen-bond donors (Lipinski definition) is 1. The SMILES string of the molecule is O=C(NCc1ccc(F)cc1)c1ccc(S(=O)(=O)[C@H]2CCS(=O)(=O)C2)cc1. The van der Waals surface area contributed by atoms with E-state index in [0.717, 1.165) is 5.56 Å². The minimum absolute atomic E-state index is 0.000292. The van der Waals surface area contributed by atoms with Gasteiger partial charge in [0.05, 0.1) is 21.7 Å². The summed E-state index contributed by atoms with van der Waals surface area (Å²) >= 11 is 0. The van der Waals surface area contributed by atoms with Gasteiger partial charge in [0, 0.05) is 12.1 Å². The van der Waals surface area contributed by atoms with Crippen LogP contribution in [0, 0.1) is 5.82 Å². The van der Waals surface area contributed by atoms with E-state index in [4.69, 9.17) is 0 Å². The second kappa shape index (κ2) is 7.40. The van der Waals surface area contributed by atoms with E-state index in [1.807, 2.05) is 0 Å². The first-order chi connectivity index (χ1) is 12.7. The number of rotatable bonds is 5. The van der Waals surface area contributed by atoms with Crippen molar-refractivity contribution >= 4 is 25.6 Å².